The fourth-order valence-electron chi connectivity index (χ4n) is 2.82. The third-order valence-corrected chi connectivity index (χ3v) is 3.97. The Hall–Kier alpha value is -1.59. The van der Waals surface area contributed by atoms with Crippen molar-refractivity contribution >= 4 is 24.3 Å². The second-order valence-corrected chi connectivity index (χ2v) is 5.67. The predicted octanol–water partition coefficient (Wildman–Crippen LogP) is 1.78. The molecule has 0 aliphatic carbocycles. The highest BCUT2D eigenvalue weighted by Crippen LogP contribution is 2.19. The average molecular weight is 341 g/mol. The molecule has 1 aliphatic heterocycles. The summed E-state index contributed by atoms with van der Waals surface area (Å²) in [7, 11) is 0. The van der Waals surface area contributed by atoms with Gasteiger partial charge >= 0.3 is 5.97 Å². The smallest absolute Gasteiger partial charge is 0.310 e. The molecular formula is C17H25ClN2O3. The standard InChI is InChI=1S/C17H24N2O3.ClH/c1-2-22-17(21)14-9-6-10-19(12-14)16(20)15(18)11-13-7-4-3-5-8-13;/h3-5,7-8,14-15H,2,6,9-12,18H2,1H3;1H/t14?,15-;/m0./s1. The molecule has 1 fully saturated rings. The average Bonchev–Trinajstić information content (AvgIpc) is 2.55. The van der Waals surface area contributed by atoms with E-state index in [4.69, 9.17) is 10.5 Å². The summed E-state index contributed by atoms with van der Waals surface area (Å²) in [4.78, 5) is 26.0. The first-order valence-electron chi connectivity index (χ1n) is 7.86. The predicted molar refractivity (Wildman–Crippen MR) is 91.3 cm³/mol. The second-order valence-electron chi connectivity index (χ2n) is 5.67. The van der Waals surface area contributed by atoms with E-state index in [2.05, 4.69) is 0 Å². The highest BCUT2D eigenvalue weighted by molar-refractivity contribution is 5.85. The number of nitrogens with zero attached hydrogens (tertiary/aromatic N) is 1. The SMILES string of the molecule is CCOC(=O)C1CCCN(C(=O)[C@@H](N)Cc2ccccc2)C1.Cl. The van der Waals surface area contributed by atoms with Gasteiger partial charge in [-0.15, -0.1) is 12.4 Å². The molecule has 2 atom stereocenters. The molecule has 1 aromatic rings. The van der Waals surface area contributed by atoms with Crippen LogP contribution in [-0.2, 0) is 20.7 Å². The third-order valence-electron chi connectivity index (χ3n) is 3.97. The van der Waals surface area contributed by atoms with Crippen molar-refractivity contribution < 1.29 is 14.3 Å². The van der Waals surface area contributed by atoms with Gasteiger partial charge in [-0.1, -0.05) is 30.3 Å². The molecule has 1 amide bonds. The number of hydrogen-bond acceptors (Lipinski definition) is 4. The highest BCUT2D eigenvalue weighted by Gasteiger charge is 2.31. The van der Waals surface area contributed by atoms with E-state index in [1.54, 1.807) is 11.8 Å². The summed E-state index contributed by atoms with van der Waals surface area (Å²) >= 11 is 0. The molecule has 0 aromatic heterocycles. The summed E-state index contributed by atoms with van der Waals surface area (Å²) < 4.78 is 5.06. The summed E-state index contributed by atoms with van der Waals surface area (Å²) in [5.41, 5.74) is 7.10. The van der Waals surface area contributed by atoms with Gasteiger partial charge in [0.25, 0.3) is 0 Å². The van der Waals surface area contributed by atoms with Crippen molar-refractivity contribution in [3.63, 3.8) is 0 Å². The third kappa shape index (κ3) is 5.52. The number of esters is 1. The number of likely N-dealkylation sites (tertiary alicyclic amines) is 1. The molecule has 0 bridgehead atoms. The van der Waals surface area contributed by atoms with E-state index in [-0.39, 0.29) is 30.2 Å². The monoisotopic (exact) mass is 340 g/mol. The summed E-state index contributed by atoms with van der Waals surface area (Å²) in [5, 5.41) is 0. The van der Waals surface area contributed by atoms with Gasteiger partial charge in [0.1, 0.15) is 0 Å². The van der Waals surface area contributed by atoms with Crippen molar-refractivity contribution in [2.75, 3.05) is 19.7 Å². The van der Waals surface area contributed by atoms with Gasteiger partial charge in [0.15, 0.2) is 0 Å². The van der Waals surface area contributed by atoms with Crippen LogP contribution in [0.5, 0.6) is 0 Å². The number of carbonyl (C=O) groups excluding carboxylic acids is 2. The van der Waals surface area contributed by atoms with E-state index in [9.17, 15) is 9.59 Å². The molecule has 1 aromatic carbocycles. The molecule has 0 radical (unpaired) electrons. The van der Waals surface area contributed by atoms with Crippen LogP contribution < -0.4 is 5.73 Å². The zero-order chi connectivity index (χ0) is 15.9. The molecule has 1 aliphatic rings. The topological polar surface area (TPSA) is 72.6 Å². The Morgan fingerprint density at radius 1 is 1.35 bits per heavy atom. The molecule has 2 rings (SSSR count). The van der Waals surface area contributed by atoms with Crippen molar-refractivity contribution in [3.05, 3.63) is 35.9 Å². The largest absolute Gasteiger partial charge is 0.466 e. The molecule has 5 nitrogen and oxygen atoms in total. The molecule has 128 valence electrons. The van der Waals surface area contributed by atoms with E-state index in [1.807, 2.05) is 30.3 Å². The number of ether oxygens (including phenoxy) is 1. The number of amides is 1. The maximum atomic E-state index is 12.5. The minimum Gasteiger partial charge on any atom is -0.466 e. The number of nitrogens with two attached hydrogens (primary N) is 1. The van der Waals surface area contributed by atoms with E-state index in [1.165, 1.54) is 0 Å². The minimum atomic E-state index is -0.566. The fourth-order valence-corrected chi connectivity index (χ4v) is 2.82. The first-order valence-corrected chi connectivity index (χ1v) is 7.86. The Balaban J connectivity index is 0.00000264. The molecule has 23 heavy (non-hydrogen) atoms. The summed E-state index contributed by atoms with van der Waals surface area (Å²) in [6, 6.07) is 9.17. The molecule has 6 heteroatoms. The van der Waals surface area contributed by atoms with Crippen molar-refractivity contribution in [2.24, 2.45) is 11.7 Å². The van der Waals surface area contributed by atoms with Crippen LogP contribution in [0, 0.1) is 5.92 Å². The number of benzene rings is 1. The van der Waals surface area contributed by atoms with E-state index in [0.717, 1.165) is 18.4 Å². The number of carbonyl (C=O) groups is 2. The first-order chi connectivity index (χ1) is 10.6. The van der Waals surface area contributed by atoms with Crippen LogP contribution in [0.1, 0.15) is 25.3 Å². The first kappa shape index (κ1) is 19.5. The van der Waals surface area contributed by atoms with Gasteiger partial charge in [-0.05, 0) is 31.7 Å². The molecule has 1 unspecified atom stereocenters. The normalized spacial score (nSPS) is 18.7. The number of hydrogen-bond donors (Lipinski definition) is 1. The lowest BCUT2D eigenvalue weighted by Crippen LogP contribution is -2.50. The van der Waals surface area contributed by atoms with Gasteiger partial charge in [0.2, 0.25) is 5.91 Å². The Morgan fingerprint density at radius 2 is 2.04 bits per heavy atom. The van der Waals surface area contributed by atoms with Crippen molar-refractivity contribution in [1.29, 1.82) is 0 Å². The van der Waals surface area contributed by atoms with Crippen LogP contribution in [0.2, 0.25) is 0 Å². The molecule has 0 saturated carbocycles. The van der Waals surface area contributed by atoms with Crippen LogP contribution in [0.25, 0.3) is 0 Å². The minimum absolute atomic E-state index is 0. The van der Waals surface area contributed by atoms with Crippen molar-refractivity contribution in [1.82, 2.24) is 4.90 Å². The lowest BCUT2D eigenvalue weighted by molar-refractivity contribution is -0.151. The van der Waals surface area contributed by atoms with Gasteiger partial charge < -0.3 is 15.4 Å². The summed E-state index contributed by atoms with van der Waals surface area (Å²) in [6.45, 7) is 3.24. The van der Waals surface area contributed by atoms with Crippen LogP contribution >= 0.6 is 12.4 Å². The number of rotatable bonds is 5. The van der Waals surface area contributed by atoms with Crippen molar-refractivity contribution in [3.8, 4) is 0 Å². The Bertz CT molecular complexity index is 510. The second kappa shape index (κ2) is 9.53. The zero-order valence-corrected chi connectivity index (χ0v) is 14.3. The van der Waals surface area contributed by atoms with E-state index >= 15 is 0 Å². The lowest BCUT2D eigenvalue weighted by Gasteiger charge is -2.33. The van der Waals surface area contributed by atoms with Crippen LogP contribution in [0.4, 0.5) is 0 Å². The van der Waals surface area contributed by atoms with Gasteiger partial charge in [-0.25, -0.2) is 0 Å². The van der Waals surface area contributed by atoms with Gasteiger partial charge in [0.05, 0.1) is 18.6 Å². The summed E-state index contributed by atoms with van der Waals surface area (Å²) in [6.07, 6.45) is 2.10. The number of piperidine rings is 1. The molecule has 1 saturated heterocycles. The maximum absolute atomic E-state index is 12.5. The number of halogens is 1. The van der Waals surface area contributed by atoms with Crippen LogP contribution in [0.3, 0.4) is 0 Å². The molecule has 1 heterocycles. The summed E-state index contributed by atoms with van der Waals surface area (Å²) in [5.74, 6) is -0.518. The Labute approximate surface area is 143 Å². The Morgan fingerprint density at radius 3 is 2.70 bits per heavy atom. The Kier molecular flexibility index (Phi) is 8.06. The van der Waals surface area contributed by atoms with Crippen molar-refractivity contribution in [2.45, 2.75) is 32.2 Å². The lowest BCUT2D eigenvalue weighted by atomic mass is 9.97. The van der Waals surface area contributed by atoms with Gasteiger partial charge in [-0.3, -0.25) is 9.59 Å². The molecule has 2 N–H and O–H groups in total. The maximum Gasteiger partial charge on any atom is 0.310 e. The molecule has 0 spiro atoms. The highest BCUT2D eigenvalue weighted by atomic mass is 35.5. The fraction of sp³-hybridized carbons (Fsp3) is 0.529. The van der Waals surface area contributed by atoms with Gasteiger partial charge in [-0.2, -0.15) is 0 Å². The van der Waals surface area contributed by atoms with Gasteiger partial charge in [0, 0.05) is 13.1 Å². The van der Waals surface area contributed by atoms with Crippen LogP contribution in [-0.4, -0.2) is 42.5 Å². The van der Waals surface area contributed by atoms with E-state index < -0.39 is 6.04 Å². The molecular weight excluding hydrogens is 316 g/mol. The zero-order valence-electron chi connectivity index (χ0n) is 13.4. The quantitative estimate of drug-likeness (QED) is 0.829. The van der Waals surface area contributed by atoms with Crippen LogP contribution in [0.15, 0.2) is 30.3 Å². The van der Waals surface area contributed by atoms with E-state index in [0.29, 0.717) is 26.1 Å².